The number of likely N-dealkylation sites (tertiary alicyclic amines) is 1. The molecule has 0 spiro atoms. The lowest BCUT2D eigenvalue weighted by atomic mass is 10.2. The lowest BCUT2D eigenvalue weighted by Crippen LogP contribution is -2.36. The number of nitrogens with zero attached hydrogens (tertiary/aromatic N) is 4. The van der Waals surface area contributed by atoms with Crippen molar-refractivity contribution in [3.05, 3.63) is 0 Å². The van der Waals surface area contributed by atoms with Crippen molar-refractivity contribution in [2.45, 2.75) is 378 Å². The maximum absolute atomic E-state index is 11.6. The molecule has 842 valence electrons. The number of carbonyl (C=O) groups is 12. The number of ether oxygens (including phenoxy) is 26. The second kappa shape index (κ2) is 101. The molecule has 0 unspecified atom stereocenters. The first-order valence-electron chi connectivity index (χ1n) is 48.2. The van der Waals surface area contributed by atoms with Crippen LogP contribution in [-0.4, -0.2) is 345 Å². The molecule has 0 aromatic heterocycles. The normalized spacial score (nSPS) is 11.1. The number of esters is 1. The van der Waals surface area contributed by atoms with Gasteiger partial charge in [-0.25, -0.2) is 52.7 Å². The Bertz CT molecular complexity index is 3000. The Balaban J connectivity index is -0.000000169. The van der Waals surface area contributed by atoms with E-state index in [-0.39, 0.29) is 153 Å². The zero-order valence-electron chi connectivity index (χ0n) is 93.6. The van der Waals surface area contributed by atoms with Crippen LogP contribution in [0.4, 0.5) is 52.7 Å². The van der Waals surface area contributed by atoms with Gasteiger partial charge in [0, 0.05) is 66.6 Å². The van der Waals surface area contributed by atoms with Crippen molar-refractivity contribution in [3.8, 4) is 0 Å². The zero-order valence-corrected chi connectivity index (χ0v) is 94.5. The number of carbonyl (C=O) groups excluding carboxylic acids is 12. The van der Waals surface area contributed by atoms with E-state index in [2.05, 4.69) is 47.9 Å². The fraction of sp³-hybridized carbons (Fsp3) is 0.874. The molecule has 4 amide bonds. The number of hydrogen-bond donors (Lipinski definition) is 1. The monoisotopic (exact) mass is 2070 g/mol. The van der Waals surface area contributed by atoms with Gasteiger partial charge in [0.05, 0.1) is 113 Å². The molecule has 0 saturated carbocycles. The average molecular weight is 2080 g/mol. The van der Waals surface area contributed by atoms with Gasteiger partial charge in [-0.05, 0) is 274 Å². The van der Waals surface area contributed by atoms with Crippen LogP contribution >= 0.6 is 7.37 Å². The van der Waals surface area contributed by atoms with Gasteiger partial charge in [0.2, 0.25) is 0 Å². The summed E-state index contributed by atoms with van der Waals surface area (Å²) in [6.45, 7) is 74.1. The van der Waals surface area contributed by atoms with E-state index in [1.165, 1.54) is 9.80 Å². The third-order valence-electron chi connectivity index (χ3n) is 13.9. The van der Waals surface area contributed by atoms with Gasteiger partial charge >= 0.3 is 73.4 Å². The van der Waals surface area contributed by atoms with Crippen molar-refractivity contribution in [1.29, 1.82) is 0 Å². The van der Waals surface area contributed by atoms with E-state index in [1.54, 1.807) is 113 Å². The summed E-state index contributed by atoms with van der Waals surface area (Å²) >= 11 is 0. The Kier molecular flexibility index (Phi) is 110. The highest BCUT2D eigenvalue weighted by Crippen LogP contribution is 2.37. The highest BCUT2D eigenvalue weighted by Gasteiger charge is 2.23. The maximum Gasteiger partial charge on any atom is 0.510 e. The molecule has 1 heterocycles. The Hall–Kier alpha value is -8.69. The SMILES string of the molecule is CC(C)OC(=O)N1CCCC1.CC(C)OCOC(=O)OCCCN(C)C(=O)OC(C)(C)C.CC(C)OCOC(=O)OCCN(C)C(=O)OC(C)(C)C.CC(C)OCOP(C)(C)=O.CCC(=O)OC(C)C.CCCCOC(=O)OCOC(C)C.CCCCOC(=O)OCOC(C)C.CCN(CC)C(=O)OC(C)C.CCOC(=O)OC(C)C.CCOC(=O)OCOC(C)C.CNCCCOC(=O)OCOC(C)C. The van der Waals surface area contributed by atoms with Crippen molar-refractivity contribution >= 4 is 80.8 Å². The van der Waals surface area contributed by atoms with Gasteiger partial charge < -0.3 is 153 Å². The molecule has 0 aromatic carbocycles. The minimum Gasteiger partial charge on any atom is -0.463 e. The summed E-state index contributed by atoms with van der Waals surface area (Å²) in [6, 6.07) is 0. The first-order valence-corrected chi connectivity index (χ1v) is 50.7. The Morgan fingerprint density at radius 3 is 0.879 bits per heavy atom. The quantitative estimate of drug-likeness (QED) is 0.0194. The highest BCUT2D eigenvalue weighted by molar-refractivity contribution is 7.57. The van der Waals surface area contributed by atoms with Crippen LogP contribution in [0.3, 0.4) is 0 Å². The van der Waals surface area contributed by atoms with Gasteiger partial charge in [0.1, 0.15) is 17.8 Å². The van der Waals surface area contributed by atoms with Gasteiger partial charge in [-0.2, -0.15) is 0 Å². The van der Waals surface area contributed by atoms with Crippen molar-refractivity contribution in [2.24, 2.45) is 0 Å². The lowest BCUT2D eigenvalue weighted by Gasteiger charge is -2.24. The largest absolute Gasteiger partial charge is 0.510 e. The zero-order chi connectivity index (χ0) is 111. The molecule has 1 saturated heterocycles. The summed E-state index contributed by atoms with van der Waals surface area (Å²) in [5.41, 5.74) is -1.08. The van der Waals surface area contributed by atoms with Gasteiger partial charge in [0.25, 0.3) is 0 Å². The minimum atomic E-state index is -2.35. The van der Waals surface area contributed by atoms with Crippen molar-refractivity contribution in [3.63, 3.8) is 0 Å². The van der Waals surface area contributed by atoms with E-state index in [0.29, 0.717) is 65.5 Å². The van der Waals surface area contributed by atoms with E-state index in [4.69, 9.17) is 85.1 Å². The van der Waals surface area contributed by atoms with Gasteiger partial charge in [-0.15, -0.1) is 0 Å². The summed E-state index contributed by atoms with van der Waals surface area (Å²) in [4.78, 5) is 138. The summed E-state index contributed by atoms with van der Waals surface area (Å²) in [5.74, 6) is -0.125. The van der Waals surface area contributed by atoms with Crippen molar-refractivity contribution in [1.82, 2.24) is 24.9 Å². The van der Waals surface area contributed by atoms with Gasteiger partial charge in [-0.3, -0.25) is 9.36 Å². The number of nitrogens with one attached hydrogen (secondary N) is 1. The third-order valence-corrected chi connectivity index (χ3v) is 14.7. The third kappa shape index (κ3) is 142. The molecule has 46 heteroatoms. The summed E-state index contributed by atoms with van der Waals surface area (Å²) in [5, 5.41) is 2.94. The van der Waals surface area contributed by atoms with Crippen LogP contribution in [0.5, 0.6) is 0 Å². The van der Waals surface area contributed by atoms with E-state index in [9.17, 15) is 62.1 Å². The van der Waals surface area contributed by atoms with E-state index in [0.717, 1.165) is 64.6 Å². The number of rotatable bonds is 48. The molecule has 0 radical (unpaired) electrons. The van der Waals surface area contributed by atoms with Crippen LogP contribution in [0.1, 0.15) is 300 Å². The Morgan fingerprint density at radius 1 is 0.333 bits per heavy atom. The number of hydrogen-bond acceptors (Lipinski definition) is 41. The summed E-state index contributed by atoms with van der Waals surface area (Å²) in [6.07, 6.45) is 1.78. The van der Waals surface area contributed by atoms with Gasteiger partial charge in [-0.1, -0.05) is 33.6 Å². The van der Waals surface area contributed by atoms with E-state index >= 15 is 0 Å². The van der Waals surface area contributed by atoms with Crippen LogP contribution in [0.25, 0.3) is 0 Å². The number of likely N-dealkylation sites (N-methyl/N-ethyl adjacent to an activating group) is 1. The minimum absolute atomic E-state index is 0.00287. The molecule has 0 aromatic rings. The summed E-state index contributed by atoms with van der Waals surface area (Å²) in [7, 11) is 2.68. The lowest BCUT2D eigenvalue weighted by molar-refractivity contribution is -0.147. The fourth-order valence-corrected chi connectivity index (χ4v) is 7.50. The predicted molar refractivity (Wildman–Crippen MR) is 531 cm³/mol. The Morgan fingerprint density at radius 2 is 0.617 bits per heavy atom. The molecule has 1 aliphatic heterocycles. The van der Waals surface area contributed by atoms with E-state index in [1.807, 2.05) is 173 Å². The topological polar surface area (TPSA) is 496 Å². The molecule has 0 atom stereocenters. The standard InChI is InChI=1S/C14H27NO6.C13H25NO6.C9H19NO4.2C9H18O4.C8H15NO2.C8H17NO2.C7H14O4.C6H15O3P.C6H12O3.C6H12O2/c1-11(2)19-10-20-13(17)18-9-7-8-15(6)12(16)21-14(3,4)5;1-10(2)18-9-19-12(16)17-8-7-14(6)11(15)20-13(3,4)5;1-8(2)13-7-14-9(11)12-6-4-5-10-3;2*1-4-5-6-11-9(10)13-7-12-8(2)3;1-7(2)11-8(10)9-5-3-4-6-9;1-5-9(6-2)8(10)11-7(3)4;1-4-9-7(8)11-5-10-6(2)3;1-6(2)8-5-9-10(3,4)7;1-4-8-6(7)9-5(2)3;1-4-6(7)8-5(2)3/h11H,7-10H2,1-6H3;10H,7-9H2,1-6H3;8,10H,4-7H2,1-3H3;2*8H,4-7H2,1-3H3;7H,3-6H2,1-2H3;7H,5-6H2,1-4H3;6H,4-5H2,1-3H3;6H,5H2,1-4H3;5H,4H2,1-3H3;5H,4H2,1-3H3. The van der Waals surface area contributed by atoms with Crippen LogP contribution in [0.15, 0.2) is 0 Å². The number of unbranched alkanes of at least 4 members (excludes halogenated alkanes) is 2. The second-order valence-corrected chi connectivity index (χ2v) is 37.3. The van der Waals surface area contributed by atoms with Crippen LogP contribution in [-0.2, 0) is 137 Å². The smallest absolute Gasteiger partial charge is 0.463 e. The fourth-order valence-electron chi connectivity index (χ4n) is 7.18. The molecule has 1 N–H and O–H groups in total. The molecule has 0 bridgehead atoms. The second-order valence-electron chi connectivity index (χ2n) is 34.6. The summed E-state index contributed by atoms with van der Waals surface area (Å²) < 4.78 is 141. The Labute approximate surface area is 844 Å². The molecular weight excluding hydrogens is 1880 g/mol. The molecular formula is C95H192N5O40P. The molecule has 1 aliphatic rings. The molecule has 141 heavy (non-hydrogen) atoms. The predicted octanol–water partition coefficient (Wildman–Crippen LogP) is 20.8. The van der Waals surface area contributed by atoms with Crippen LogP contribution in [0.2, 0.25) is 0 Å². The molecule has 0 aliphatic carbocycles. The number of amides is 4. The van der Waals surface area contributed by atoms with Crippen molar-refractivity contribution in [2.75, 3.05) is 174 Å². The maximum atomic E-state index is 11.6. The van der Waals surface area contributed by atoms with Crippen LogP contribution < -0.4 is 5.32 Å². The average Bonchev–Trinajstić information content (AvgIpc) is 1.90. The van der Waals surface area contributed by atoms with Crippen LogP contribution in [0, 0.1) is 0 Å². The first kappa shape index (κ1) is 152. The van der Waals surface area contributed by atoms with E-state index < -0.39 is 73.8 Å². The molecule has 45 nitrogen and oxygen atoms in total. The van der Waals surface area contributed by atoms with Crippen molar-refractivity contribution < 1.29 is 190 Å². The van der Waals surface area contributed by atoms with Gasteiger partial charge in [0.15, 0.2) is 54.9 Å². The molecule has 1 rings (SSSR count). The highest BCUT2D eigenvalue weighted by atomic mass is 31.2. The molecule has 1 fully saturated rings. The first-order chi connectivity index (χ1) is 65.4.